The molecule has 1 unspecified atom stereocenters. The van der Waals surface area contributed by atoms with Crippen LogP contribution in [-0.2, 0) is 11.2 Å². The van der Waals surface area contributed by atoms with Crippen molar-refractivity contribution in [3.05, 3.63) is 55.6 Å². The summed E-state index contributed by atoms with van der Waals surface area (Å²) in [4.78, 5) is 15.4. The van der Waals surface area contributed by atoms with E-state index >= 15 is 0 Å². The van der Waals surface area contributed by atoms with Gasteiger partial charge in [-0.05, 0) is 114 Å². The third-order valence-electron chi connectivity index (χ3n) is 9.27. The number of allylic oxidation sites excluding steroid dienone is 2. The number of hydrogen-bond donors (Lipinski definition) is 1. The van der Waals surface area contributed by atoms with Crippen LogP contribution in [-0.4, -0.2) is 29.9 Å². The average molecular weight is 604 g/mol. The van der Waals surface area contributed by atoms with Crippen LogP contribution in [0, 0.1) is 24.7 Å². The fraction of sp³-hybridized carbons (Fsp3) is 0.633. The van der Waals surface area contributed by atoms with Gasteiger partial charge in [-0.2, -0.15) is 0 Å². The second-order valence-electron chi connectivity index (χ2n) is 11.5. The van der Waals surface area contributed by atoms with Crippen molar-refractivity contribution < 1.29 is 4.79 Å². The number of piperidine rings is 1. The highest BCUT2D eigenvalue weighted by molar-refractivity contribution is 9.12. The molecule has 2 fully saturated rings. The van der Waals surface area contributed by atoms with E-state index in [2.05, 4.69) is 80.3 Å². The lowest BCUT2D eigenvalue weighted by Gasteiger charge is -2.41. The number of aryl methyl sites for hydroxylation is 2. The Labute approximate surface area is 228 Å². The SMILES string of the molecule is CCC1CCC(CC(=O)N2CCC([C@@H]3c4c(Br)cc(C)cc4CCC4=CC(Br)=CNC43)CC2)CC1. The first-order chi connectivity index (χ1) is 16.9. The second-order valence-corrected chi connectivity index (χ2v) is 13.2. The number of carbonyl (C=O) groups excluding carboxylic acids is 1. The van der Waals surface area contributed by atoms with Gasteiger partial charge in [0.15, 0.2) is 0 Å². The Morgan fingerprint density at radius 1 is 1.03 bits per heavy atom. The first kappa shape index (κ1) is 25.6. The molecule has 1 saturated carbocycles. The second kappa shape index (κ2) is 11.1. The zero-order valence-electron chi connectivity index (χ0n) is 21.3. The molecule has 35 heavy (non-hydrogen) atoms. The van der Waals surface area contributed by atoms with Gasteiger partial charge in [-0.25, -0.2) is 0 Å². The Hall–Kier alpha value is -1.07. The maximum atomic E-state index is 13.2. The van der Waals surface area contributed by atoms with E-state index in [9.17, 15) is 4.79 Å². The Bertz CT molecular complexity index is 1000. The van der Waals surface area contributed by atoms with Gasteiger partial charge in [0.05, 0.1) is 6.04 Å². The third kappa shape index (κ3) is 5.61. The van der Waals surface area contributed by atoms with Gasteiger partial charge in [0, 0.05) is 40.6 Å². The summed E-state index contributed by atoms with van der Waals surface area (Å²) in [6.45, 7) is 6.33. The molecule has 2 aliphatic heterocycles. The lowest BCUT2D eigenvalue weighted by atomic mass is 9.73. The predicted octanol–water partition coefficient (Wildman–Crippen LogP) is 7.77. The minimum absolute atomic E-state index is 0.331. The van der Waals surface area contributed by atoms with E-state index in [0.29, 0.717) is 29.7 Å². The number of fused-ring (bicyclic) bond motifs is 2. The fourth-order valence-corrected chi connectivity index (χ4v) is 8.54. The number of nitrogens with zero attached hydrogens (tertiary/aromatic N) is 1. The van der Waals surface area contributed by atoms with Crippen molar-refractivity contribution in [2.45, 2.75) is 90.0 Å². The smallest absolute Gasteiger partial charge is 0.222 e. The van der Waals surface area contributed by atoms with Gasteiger partial charge in [0.25, 0.3) is 0 Å². The number of halogens is 2. The van der Waals surface area contributed by atoms with Crippen LogP contribution in [0.4, 0.5) is 0 Å². The van der Waals surface area contributed by atoms with Crippen molar-refractivity contribution >= 4 is 37.8 Å². The number of nitrogens with one attached hydrogen (secondary N) is 1. The molecule has 4 aliphatic rings. The number of rotatable bonds is 4. The molecule has 1 aromatic carbocycles. The van der Waals surface area contributed by atoms with Gasteiger partial charge in [-0.15, -0.1) is 0 Å². The standard InChI is InChI=1S/C30H40Br2N2O/c1-3-20-4-6-21(7-5-20)16-27(35)34-12-10-22(11-13-34)29-28-23(14-19(2)15-26(28)32)8-9-24-17-25(31)18-33-30(24)29/h14-15,17-18,20-22,29-30,33H,3-13,16H2,1-2H3/t20?,21?,29-,30?/m1/s1. The molecule has 0 bridgehead atoms. The molecule has 0 radical (unpaired) electrons. The van der Waals surface area contributed by atoms with Crippen molar-refractivity contribution in [3.8, 4) is 0 Å². The Morgan fingerprint density at radius 2 is 1.74 bits per heavy atom. The van der Waals surface area contributed by atoms with E-state index in [-0.39, 0.29) is 0 Å². The summed E-state index contributed by atoms with van der Waals surface area (Å²) in [5.74, 6) is 2.91. The molecule has 190 valence electrons. The Kier molecular flexibility index (Phi) is 8.13. The topological polar surface area (TPSA) is 32.3 Å². The third-order valence-corrected chi connectivity index (χ3v) is 10.4. The van der Waals surface area contributed by atoms with E-state index in [0.717, 1.165) is 55.6 Å². The molecule has 5 heteroatoms. The monoisotopic (exact) mass is 602 g/mol. The summed E-state index contributed by atoms with van der Waals surface area (Å²) in [5, 5.41) is 3.76. The van der Waals surface area contributed by atoms with Gasteiger partial charge in [-0.3, -0.25) is 4.79 Å². The van der Waals surface area contributed by atoms with Gasteiger partial charge >= 0.3 is 0 Å². The Morgan fingerprint density at radius 3 is 2.46 bits per heavy atom. The largest absolute Gasteiger partial charge is 0.383 e. The van der Waals surface area contributed by atoms with Crippen LogP contribution < -0.4 is 5.32 Å². The molecule has 3 nitrogen and oxygen atoms in total. The van der Waals surface area contributed by atoms with Crippen molar-refractivity contribution in [1.82, 2.24) is 10.2 Å². The summed E-state index contributed by atoms with van der Waals surface area (Å²) in [7, 11) is 0. The van der Waals surface area contributed by atoms with Gasteiger partial charge in [0.2, 0.25) is 5.91 Å². The van der Waals surface area contributed by atoms with Crippen LogP contribution in [0.2, 0.25) is 0 Å². The Balaban J connectivity index is 1.30. The van der Waals surface area contributed by atoms with Crippen LogP contribution in [0.5, 0.6) is 0 Å². The summed E-state index contributed by atoms with van der Waals surface area (Å²) in [6.07, 6.45) is 16.0. The van der Waals surface area contributed by atoms with Crippen molar-refractivity contribution in [3.63, 3.8) is 0 Å². The van der Waals surface area contributed by atoms with Crippen LogP contribution >= 0.6 is 31.9 Å². The van der Waals surface area contributed by atoms with Gasteiger partial charge in [0.1, 0.15) is 0 Å². The van der Waals surface area contributed by atoms with Gasteiger partial charge < -0.3 is 10.2 Å². The highest BCUT2D eigenvalue weighted by Gasteiger charge is 2.40. The maximum Gasteiger partial charge on any atom is 0.222 e. The minimum Gasteiger partial charge on any atom is -0.383 e. The normalized spacial score (nSPS) is 29.3. The summed E-state index contributed by atoms with van der Waals surface area (Å²) >= 11 is 7.66. The molecule has 1 saturated heterocycles. The van der Waals surface area contributed by atoms with Crippen LogP contribution in [0.25, 0.3) is 0 Å². The van der Waals surface area contributed by atoms with Crippen LogP contribution in [0.3, 0.4) is 0 Å². The molecule has 2 heterocycles. The van der Waals surface area contributed by atoms with Crippen molar-refractivity contribution in [2.75, 3.05) is 13.1 Å². The fourth-order valence-electron chi connectivity index (χ4n) is 7.23. The molecule has 0 spiro atoms. The zero-order chi connectivity index (χ0) is 24.5. The average Bonchev–Trinajstić information content (AvgIpc) is 3.01. The molecule has 2 aliphatic carbocycles. The molecule has 2 atom stereocenters. The number of amides is 1. The number of benzene rings is 1. The lowest BCUT2D eigenvalue weighted by molar-refractivity contribution is -0.134. The first-order valence-electron chi connectivity index (χ1n) is 13.8. The summed E-state index contributed by atoms with van der Waals surface area (Å²) in [5.41, 5.74) is 5.83. The van der Waals surface area contributed by atoms with Crippen LogP contribution in [0.1, 0.15) is 87.3 Å². The van der Waals surface area contributed by atoms with Crippen molar-refractivity contribution in [1.29, 1.82) is 0 Å². The molecular formula is C30H40Br2N2O. The quantitative estimate of drug-likeness (QED) is 0.381. The summed E-state index contributed by atoms with van der Waals surface area (Å²) in [6, 6.07) is 5.03. The molecule has 1 aromatic rings. The molecular weight excluding hydrogens is 564 g/mol. The van der Waals surface area contributed by atoms with Gasteiger partial charge in [-0.1, -0.05) is 48.2 Å². The van der Waals surface area contributed by atoms with E-state index in [4.69, 9.17) is 0 Å². The highest BCUT2D eigenvalue weighted by Crippen LogP contribution is 2.46. The minimum atomic E-state index is 0.331. The van der Waals surface area contributed by atoms with E-state index in [1.54, 1.807) is 0 Å². The first-order valence-corrected chi connectivity index (χ1v) is 15.4. The lowest BCUT2D eigenvalue weighted by Crippen LogP contribution is -2.44. The van der Waals surface area contributed by atoms with Crippen molar-refractivity contribution in [2.24, 2.45) is 17.8 Å². The molecule has 1 N–H and O–H groups in total. The molecule has 1 amide bonds. The summed E-state index contributed by atoms with van der Waals surface area (Å²) < 4.78 is 2.40. The molecule has 5 rings (SSSR count). The number of hydrogen-bond acceptors (Lipinski definition) is 2. The zero-order valence-corrected chi connectivity index (χ0v) is 24.5. The molecule has 0 aromatic heterocycles. The number of likely N-dealkylation sites (tertiary alicyclic amines) is 1. The van der Waals surface area contributed by atoms with Crippen LogP contribution in [0.15, 0.2) is 38.9 Å². The van der Waals surface area contributed by atoms with E-state index in [1.807, 2.05) is 0 Å². The number of dihydropyridines is 1. The predicted molar refractivity (Wildman–Crippen MR) is 152 cm³/mol. The number of carbonyl (C=O) groups is 1. The highest BCUT2D eigenvalue weighted by atomic mass is 79.9. The maximum absolute atomic E-state index is 13.2. The van der Waals surface area contributed by atoms with E-state index < -0.39 is 0 Å². The van der Waals surface area contributed by atoms with E-state index in [1.165, 1.54) is 58.8 Å².